The third-order valence-electron chi connectivity index (χ3n) is 2.10. The quantitative estimate of drug-likeness (QED) is 0.759. The number of nitrogens with zero attached hydrogens (tertiary/aromatic N) is 4. The largest absolute Gasteiger partial charge is 0.466 e. The standard InChI is InChI=1S/C10H13N5O2/c1-2-17-10(16)5-6-11-8-3-4-9-13-12-7-15(9)14-8/h3-4,7H,2,5-6H2,1H3,(H,11,14). The van der Waals surface area contributed by atoms with Crippen LogP contribution < -0.4 is 5.32 Å². The second kappa shape index (κ2) is 5.24. The molecule has 90 valence electrons. The molecule has 0 atom stereocenters. The highest BCUT2D eigenvalue weighted by molar-refractivity contribution is 5.69. The van der Waals surface area contributed by atoms with Crippen molar-refractivity contribution in [2.24, 2.45) is 0 Å². The van der Waals surface area contributed by atoms with Gasteiger partial charge in [0.1, 0.15) is 12.1 Å². The molecule has 7 nitrogen and oxygen atoms in total. The number of carbonyl (C=O) groups is 1. The minimum Gasteiger partial charge on any atom is -0.466 e. The lowest BCUT2D eigenvalue weighted by Crippen LogP contribution is -2.12. The molecule has 0 amide bonds. The fourth-order valence-electron chi connectivity index (χ4n) is 1.35. The van der Waals surface area contributed by atoms with Crippen LogP contribution in [-0.4, -0.2) is 38.9 Å². The van der Waals surface area contributed by atoms with Gasteiger partial charge in [-0.05, 0) is 19.1 Å². The van der Waals surface area contributed by atoms with Crippen LogP contribution in [0.3, 0.4) is 0 Å². The van der Waals surface area contributed by atoms with Crippen molar-refractivity contribution in [1.29, 1.82) is 0 Å². The van der Waals surface area contributed by atoms with E-state index in [1.807, 2.05) is 0 Å². The third-order valence-corrected chi connectivity index (χ3v) is 2.10. The summed E-state index contributed by atoms with van der Waals surface area (Å²) in [6.45, 7) is 2.68. The van der Waals surface area contributed by atoms with Crippen LogP contribution >= 0.6 is 0 Å². The number of hydrogen-bond donors (Lipinski definition) is 1. The molecule has 0 unspecified atom stereocenters. The van der Waals surface area contributed by atoms with Gasteiger partial charge in [-0.2, -0.15) is 4.52 Å². The van der Waals surface area contributed by atoms with Crippen molar-refractivity contribution in [3.63, 3.8) is 0 Å². The molecule has 0 saturated carbocycles. The molecular weight excluding hydrogens is 222 g/mol. The van der Waals surface area contributed by atoms with Crippen LogP contribution in [0.25, 0.3) is 5.65 Å². The van der Waals surface area contributed by atoms with E-state index in [1.165, 1.54) is 6.33 Å². The average molecular weight is 235 g/mol. The van der Waals surface area contributed by atoms with E-state index in [0.717, 1.165) is 0 Å². The van der Waals surface area contributed by atoms with E-state index in [0.29, 0.717) is 31.0 Å². The van der Waals surface area contributed by atoms with Gasteiger partial charge in [0.15, 0.2) is 5.65 Å². The summed E-state index contributed by atoms with van der Waals surface area (Å²) in [6.07, 6.45) is 1.83. The lowest BCUT2D eigenvalue weighted by atomic mass is 10.4. The van der Waals surface area contributed by atoms with Gasteiger partial charge in [0.25, 0.3) is 0 Å². The van der Waals surface area contributed by atoms with Crippen molar-refractivity contribution in [3.8, 4) is 0 Å². The number of esters is 1. The number of aromatic nitrogens is 4. The molecule has 0 spiro atoms. The van der Waals surface area contributed by atoms with Gasteiger partial charge in [0, 0.05) is 6.54 Å². The molecule has 2 heterocycles. The number of carbonyl (C=O) groups excluding carboxylic acids is 1. The Morgan fingerprint density at radius 3 is 3.24 bits per heavy atom. The predicted octanol–water partition coefficient (Wildman–Crippen LogP) is 0.489. The zero-order chi connectivity index (χ0) is 12.1. The molecule has 0 saturated heterocycles. The summed E-state index contributed by atoms with van der Waals surface area (Å²) in [5.41, 5.74) is 0.681. The number of hydrogen-bond acceptors (Lipinski definition) is 6. The molecule has 17 heavy (non-hydrogen) atoms. The van der Waals surface area contributed by atoms with E-state index < -0.39 is 0 Å². The van der Waals surface area contributed by atoms with Crippen molar-refractivity contribution in [2.75, 3.05) is 18.5 Å². The number of nitrogens with one attached hydrogen (secondary N) is 1. The summed E-state index contributed by atoms with van der Waals surface area (Å²) in [5, 5.41) is 14.8. The smallest absolute Gasteiger partial charge is 0.307 e. The number of anilines is 1. The second-order valence-corrected chi connectivity index (χ2v) is 3.33. The van der Waals surface area contributed by atoms with Crippen molar-refractivity contribution < 1.29 is 9.53 Å². The van der Waals surface area contributed by atoms with Gasteiger partial charge < -0.3 is 10.1 Å². The van der Waals surface area contributed by atoms with Gasteiger partial charge in [0.05, 0.1) is 13.0 Å². The van der Waals surface area contributed by atoms with Crippen LogP contribution in [0.2, 0.25) is 0 Å². The first kappa shape index (κ1) is 11.3. The molecule has 2 rings (SSSR count). The van der Waals surface area contributed by atoms with E-state index in [9.17, 15) is 4.79 Å². The first-order chi connectivity index (χ1) is 8.29. The second-order valence-electron chi connectivity index (χ2n) is 3.33. The Labute approximate surface area is 97.8 Å². The number of rotatable bonds is 5. The van der Waals surface area contributed by atoms with E-state index in [4.69, 9.17) is 4.74 Å². The van der Waals surface area contributed by atoms with Crippen LogP contribution in [0.1, 0.15) is 13.3 Å². The Hall–Kier alpha value is -2.18. The van der Waals surface area contributed by atoms with E-state index in [-0.39, 0.29) is 5.97 Å². The molecule has 0 aromatic carbocycles. The Kier molecular flexibility index (Phi) is 3.49. The van der Waals surface area contributed by atoms with Crippen molar-refractivity contribution in [3.05, 3.63) is 18.5 Å². The van der Waals surface area contributed by atoms with Crippen LogP contribution in [0.15, 0.2) is 18.5 Å². The van der Waals surface area contributed by atoms with Crippen LogP contribution in [-0.2, 0) is 9.53 Å². The number of fused-ring (bicyclic) bond motifs is 1. The maximum absolute atomic E-state index is 11.1. The molecule has 1 N–H and O–H groups in total. The van der Waals surface area contributed by atoms with Crippen LogP contribution in [0.4, 0.5) is 5.82 Å². The minimum absolute atomic E-state index is 0.217. The maximum Gasteiger partial charge on any atom is 0.307 e. The summed E-state index contributed by atoms with van der Waals surface area (Å²) in [6, 6.07) is 3.59. The Balaban J connectivity index is 1.88. The van der Waals surface area contributed by atoms with Gasteiger partial charge >= 0.3 is 5.97 Å². The molecule has 7 heteroatoms. The first-order valence-corrected chi connectivity index (χ1v) is 5.36. The maximum atomic E-state index is 11.1. The fraction of sp³-hybridized carbons (Fsp3) is 0.400. The molecule has 0 aliphatic heterocycles. The summed E-state index contributed by atoms with van der Waals surface area (Å²) >= 11 is 0. The SMILES string of the molecule is CCOC(=O)CCNc1ccc2nncn2n1. The van der Waals surface area contributed by atoms with E-state index in [2.05, 4.69) is 20.6 Å². The molecule has 0 bridgehead atoms. The third kappa shape index (κ3) is 2.90. The Morgan fingerprint density at radius 1 is 1.53 bits per heavy atom. The van der Waals surface area contributed by atoms with E-state index >= 15 is 0 Å². The summed E-state index contributed by atoms with van der Waals surface area (Å²) in [7, 11) is 0. The average Bonchev–Trinajstić information content (AvgIpc) is 2.76. The molecule has 2 aromatic heterocycles. The lowest BCUT2D eigenvalue weighted by Gasteiger charge is -2.05. The highest BCUT2D eigenvalue weighted by atomic mass is 16.5. The van der Waals surface area contributed by atoms with Crippen molar-refractivity contribution in [1.82, 2.24) is 19.8 Å². The summed E-state index contributed by atoms with van der Waals surface area (Å²) < 4.78 is 6.38. The van der Waals surface area contributed by atoms with Crippen molar-refractivity contribution in [2.45, 2.75) is 13.3 Å². The monoisotopic (exact) mass is 235 g/mol. The van der Waals surface area contributed by atoms with Crippen LogP contribution in [0, 0.1) is 0 Å². The van der Waals surface area contributed by atoms with Gasteiger partial charge in [0.2, 0.25) is 0 Å². The first-order valence-electron chi connectivity index (χ1n) is 5.36. The zero-order valence-electron chi connectivity index (χ0n) is 9.46. The summed E-state index contributed by atoms with van der Waals surface area (Å²) in [4.78, 5) is 11.1. The topological polar surface area (TPSA) is 81.4 Å². The zero-order valence-corrected chi connectivity index (χ0v) is 9.46. The summed E-state index contributed by atoms with van der Waals surface area (Å²) in [5.74, 6) is 0.451. The minimum atomic E-state index is -0.217. The molecule has 0 fully saturated rings. The highest BCUT2D eigenvalue weighted by Gasteiger charge is 2.02. The van der Waals surface area contributed by atoms with Gasteiger partial charge in [-0.25, -0.2) is 0 Å². The van der Waals surface area contributed by atoms with Gasteiger partial charge in [-0.15, -0.1) is 15.3 Å². The fourth-order valence-corrected chi connectivity index (χ4v) is 1.35. The Morgan fingerprint density at radius 2 is 2.41 bits per heavy atom. The molecule has 0 aliphatic carbocycles. The van der Waals surface area contributed by atoms with Gasteiger partial charge in [-0.3, -0.25) is 4.79 Å². The predicted molar refractivity (Wildman–Crippen MR) is 60.5 cm³/mol. The molecule has 2 aromatic rings. The molecule has 0 aliphatic rings. The van der Waals surface area contributed by atoms with Crippen molar-refractivity contribution >= 4 is 17.4 Å². The van der Waals surface area contributed by atoms with Crippen LogP contribution in [0.5, 0.6) is 0 Å². The number of ether oxygens (including phenoxy) is 1. The molecule has 0 radical (unpaired) electrons. The van der Waals surface area contributed by atoms with E-state index in [1.54, 1.807) is 23.6 Å². The highest BCUT2D eigenvalue weighted by Crippen LogP contribution is 2.04. The lowest BCUT2D eigenvalue weighted by molar-refractivity contribution is -0.142. The Bertz CT molecular complexity index is 510. The normalized spacial score (nSPS) is 10.4. The van der Waals surface area contributed by atoms with Gasteiger partial charge in [-0.1, -0.05) is 0 Å². The molecular formula is C10H13N5O2.